The van der Waals surface area contributed by atoms with Gasteiger partial charge < -0.3 is 20.7 Å². The molecule has 0 amide bonds. The molecule has 6 heteroatoms. The van der Waals surface area contributed by atoms with Crippen LogP contribution in [0.4, 0.5) is 11.6 Å². The van der Waals surface area contributed by atoms with E-state index in [9.17, 15) is 0 Å². The van der Waals surface area contributed by atoms with Crippen molar-refractivity contribution in [1.82, 2.24) is 9.97 Å². The number of aryl methyl sites for hydroxylation is 1. The molecule has 3 N–H and O–H groups in total. The standard InChI is InChI=1S/C13H23N5O/c1-10-16-12(15-5-7-19-2)8-13(17-10)18-6-3-4-11(14)9-18/h8,11H,3-7,9,14H2,1-2H3,(H,15,16,17). The van der Waals surface area contributed by atoms with Crippen molar-refractivity contribution in [3.8, 4) is 0 Å². The van der Waals surface area contributed by atoms with Gasteiger partial charge in [-0.3, -0.25) is 0 Å². The molecule has 0 saturated carbocycles. The average molecular weight is 265 g/mol. The van der Waals surface area contributed by atoms with Crippen LogP contribution in [0.25, 0.3) is 0 Å². The third kappa shape index (κ3) is 4.04. The summed E-state index contributed by atoms with van der Waals surface area (Å²) in [4.78, 5) is 11.1. The number of hydrogen-bond donors (Lipinski definition) is 2. The summed E-state index contributed by atoms with van der Waals surface area (Å²) in [7, 11) is 1.69. The number of ether oxygens (including phenoxy) is 1. The summed E-state index contributed by atoms with van der Waals surface area (Å²) >= 11 is 0. The minimum Gasteiger partial charge on any atom is -0.383 e. The van der Waals surface area contributed by atoms with Gasteiger partial charge >= 0.3 is 0 Å². The molecule has 1 saturated heterocycles. The Labute approximate surface area is 114 Å². The molecule has 0 aliphatic carbocycles. The van der Waals surface area contributed by atoms with Gasteiger partial charge in [-0.15, -0.1) is 0 Å². The Hall–Kier alpha value is -1.40. The lowest BCUT2D eigenvalue weighted by atomic mass is 10.1. The molecular weight excluding hydrogens is 242 g/mol. The zero-order chi connectivity index (χ0) is 13.7. The number of aromatic nitrogens is 2. The molecular formula is C13H23N5O. The van der Waals surface area contributed by atoms with Gasteiger partial charge in [-0.2, -0.15) is 0 Å². The number of nitrogens with one attached hydrogen (secondary N) is 1. The molecule has 0 bridgehead atoms. The molecule has 1 aromatic heterocycles. The Morgan fingerprint density at radius 1 is 1.53 bits per heavy atom. The maximum atomic E-state index is 6.02. The maximum Gasteiger partial charge on any atom is 0.134 e. The highest BCUT2D eigenvalue weighted by atomic mass is 16.5. The van der Waals surface area contributed by atoms with Crippen molar-refractivity contribution in [2.75, 3.05) is 43.6 Å². The SMILES string of the molecule is COCCNc1cc(N2CCCC(N)C2)nc(C)n1. The van der Waals surface area contributed by atoms with E-state index < -0.39 is 0 Å². The van der Waals surface area contributed by atoms with Gasteiger partial charge in [-0.1, -0.05) is 0 Å². The highest BCUT2D eigenvalue weighted by Gasteiger charge is 2.18. The quantitative estimate of drug-likeness (QED) is 0.766. The third-order valence-corrected chi connectivity index (χ3v) is 3.22. The van der Waals surface area contributed by atoms with Gasteiger partial charge in [0, 0.05) is 38.9 Å². The molecule has 2 heterocycles. The van der Waals surface area contributed by atoms with E-state index in [1.807, 2.05) is 13.0 Å². The molecule has 1 aliphatic rings. The van der Waals surface area contributed by atoms with Crippen molar-refractivity contribution in [2.45, 2.75) is 25.8 Å². The lowest BCUT2D eigenvalue weighted by Crippen LogP contribution is -2.43. The van der Waals surface area contributed by atoms with Crippen LogP contribution in [0.3, 0.4) is 0 Å². The second-order valence-corrected chi connectivity index (χ2v) is 4.93. The second-order valence-electron chi connectivity index (χ2n) is 4.93. The van der Waals surface area contributed by atoms with Crippen LogP contribution in [0, 0.1) is 6.92 Å². The van der Waals surface area contributed by atoms with Crippen molar-refractivity contribution in [1.29, 1.82) is 0 Å². The fraction of sp³-hybridized carbons (Fsp3) is 0.692. The molecule has 1 fully saturated rings. The predicted molar refractivity (Wildman–Crippen MR) is 76.6 cm³/mol. The molecule has 0 aromatic carbocycles. The number of anilines is 2. The summed E-state index contributed by atoms with van der Waals surface area (Å²) in [5, 5.41) is 3.24. The summed E-state index contributed by atoms with van der Waals surface area (Å²) in [6, 6.07) is 2.23. The van der Waals surface area contributed by atoms with E-state index in [4.69, 9.17) is 10.5 Å². The van der Waals surface area contributed by atoms with E-state index >= 15 is 0 Å². The molecule has 19 heavy (non-hydrogen) atoms. The van der Waals surface area contributed by atoms with Crippen molar-refractivity contribution in [3.05, 3.63) is 11.9 Å². The first-order valence-electron chi connectivity index (χ1n) is 6.78. The molecule has 1 atom stereocenters. The van der Waals surface area contributed by atoms with E-state index in [1.54, 1.807) is 7.11 Å². The first-order valence-corrected chi connectivity index (χ1v) is 6.78. The van der Waals surface area contributed by atoms with Gasteiger partial charge in [0.2, 0.25) is 0 Å². The van der Waals surface area contributed by atoms with Crippen LogP contribution < -0.4 is 16.0 Å². The average Bonchev–Trinajstić information content (AvgIpc) is 2.38. The molecule has 106 valence electrons. The number of methoxy groups -OCH3 is 1. The third-order valence-electron chi connectivity index (χ3n) is 3.22. The first kappa shape index (κ1) is 14.0. The first-order chi connectivity index (χ1) is 9.19. The zero-order valence-electron chi connectivity index (χ0n) is 11.7. The summed E-state index contributed by atoms with van der Waals surface area (Å²) in [6.45, 7) is 5.20. The number of hydrogen-bond acceptors (Lipinski definition) is 6. The lowest BCUT2D eigenvalue weighted by Gasteiger charge is -2.31. The topological polar surface area (TPSA) is 76.3 Å². The number of piperidine rings is 1. The fourth-order valence-electron chi connectivity index (χ4n) is 2.30. The molecule has 0 radical (unpaired) electrons. The second kappa shape index (κ2) is 6.68. The van der Waals surface area contributed by atoms with Crippen LogP contribution in [-0.2, 0) is 4.74 Å². The van der Waals surface area contributed by atoms with Crippen molar-refractivity contribution in [3.63, 3.8) is 0 Å². The van der Waals surface area contributed by atoms with Crippen LogP contribution >= 0.6 is 0 Å². The summed E-state index contributed by atoms with van der Waals surface area (Å²) in [6.07, 6.45) is 2.22. The van der Waals surface area contributed by atoms with E-state index in [0.29, 0.717) is 6.61 Å². The summed E-state index contributed by atoms with van der Waals surface area (Å²) in [5.74, 6) is 2.58. The number of rotatable bonds is 5. The van der Waals surface area contributed by atoms with E-state index in [0.717, 1.165) is 49.9 Å². The Morgan fingerprint density at radius 2 is 2.37 bits per heavy atom. The van der Waals surface area contributed by atoms with E-state index in [2.05, 4.69) is 20.2 Å². The normalized spacial score (nSPS) is 19.5. The largest absolute Gasteiger partial charge is 0.383 e. The van der Waals surface area contributed by atoms with Gasteiger partial charge in [0.15, 0.2) is 0 Å². The van der Waals surface area contributed by atoms with E-state index in [1.165, 1.54) is 0 Å². The highest BCUT2D eigenvalue weighted by molar-refractivity contribution is 5.49. The fourth-order valence-corrected chi connectivity index (χ4v) is 2.30. The highest BCUT2D eigenvalue weighted by Crippen LogP contribution is 2.19. The molecule has 1 unspecified atom stereocenters. The Morgan fingerprint density at radius 3 is 3.11 bits per heavy atom. The minimum atomic E-state index is 0.244. The Balaban J connectivity index is 2.07. The van der Waals surface area contributed by atoms with Crippen molar-refractivity contribution < 1.29 is 4.74 Å². The van der Waals surface area contributed by atoms with Gasteiger partial charge in [0.1, 0.15) is 17.5 Å². The molecule has 6 nitrogen and oxygen atoms in total. The van der Waals surface area contributed by atoms with Crippen LogP contribution in [-0.4, -0.2) is 49.4 Å². The van der Waals surface area contributed by atoms with Crippen LogP contribution in [0.1, 0.15) is 18.7 Å². The monoisotopic (exact) mass is 265 g/mol. The smallest absolute Gasteiger partial charge is 0.134 e. The molecule has 2 rings (SSSR count). The Kier molecular flexibility index (Phi) is 4.93. The predicted octanol–water partition coefficient (Wildman–Crippen LogP) is 0.771. The summed E-state index contributed by atoms with van der Waals surface area (Å²) < 4.78 is 5.02. The van der Waals surface area contributed by atoms with Crippen LogP contribution in [0.5, 0.6) is 0 Å². The van der Waals surface area contributed by atoms with Crippen LogP contribution in [0.15, 0.2) is 6.07 Å². The van der Waals surface area contributed by atoms with Crippen molar-refractivity contribution in [2.24, 2.45) is 5.73 Å². The van der Waals surface area contributed by atoms with Gasteiger partial charge in [-0.05, 0) is 19.8 Å². The molecule has 1 aliphatic heterocycles. The van der Waals surface area contributed by atoms with Crippen LogP contribution in [0.2, 0.25) is 0 Å². The maximum absolute atomic E-state index is 6.02. The lowest BCUT2D eigenvalue weighted by molar-refractivity contribution is 0.210. The summed E-state index contributed by atoms with van der Waals surface area (Å²) in [5.41, 5.74) is 6.02. The molecule has 0 spiro atoms. The van der Waals surface area contributed by atoms with Gasteiger partial charge in [-0.25, -0.2) is 9.97 Å². The van der Waals surface area contributed by atoms with E-state index in [-0.39, 0.29) is 6.04 Å². The zero-order valence-corrected chi connectivity index (χ0v) is 11.7. The molecule has 1 aromatic rings. The van der Waals surface area contributed by atoms with Crippen molar-refractivity contribution >= 4 is 11.6 Å². The Bertz CT molecular complexity index is 412. The minimum absolute atomic E-state index is 0.244. The van der Waals surface area contributed by atoms with Gasteiger partial charge in [0.05, 0.1) is 6.61 Å². The number of nitrogens with two attached hydrogens (primary N) is 1. The van der Waals surface area contributed by atoms with Gasteiger partial charge in [0.25, 0.3) is 0 Å². The number of nitrogens with zero attached hydrogens (tertiary/aromatic N) is 3.